The third-order valence-electron chi connectivity index (χ3n) is 3.49. The third kappa shape index (κ3) is 4.84. The molecule has 0 radical (unpaired) electrons. The summed E-state index contributed by atoms with van der Waals surface area (Å²) in [6.07, 6.45) is 3.56. The smallest absolute Gasteiger partial charge is 0.244 e. The van der Waals surface area contributed by atoms with Crippen molar-refractivity contribution in [1.29, 1.82) is 0 Å². The number of ether oxygens (including phenoxy) is 2. The number of amides is 1. The molecule has 0 saturated carbocycles. The average Bonchev–Trinajstić information content (AvgIpc) is 2.61. The van der Waals surface area contributed by atoms with Gasteiger partial charge in [-0.15, -0.1) is 0 Å². The molecule has 0 saturated heterocycles. The van der Waals surface area contributed by atoms with E-state index in [-0.39, 0.29) is 11.7 Å². The Morgan fingerprint density at radius 1 is 1.12 bits per heavy atom. The van der Waals surface area contributed by atoms with Gasteiger partial charge >= 0.3 is 0 Å². The Hall–Kier alpha value is -2.82. The van der Waals surface area contributed by atoms with Gasteiger partial charge in [0, 0.05) is 12.6 Å². The molecule has 5 heteroatoms. The lowest BCUT2D eigenvalue weighted by atomic mass is 10.1. The maximum Gasteiger partial charge on any atom is 0.244 e. The summed E-state index contributed by atoms with van der Waals surface area (Å²) in [5, 5.41) is 2.73. The predicted octanol–water partition coefficient (Wildman–Crippen LogP) is 3.22. The Morgan fingerprint density at radius 2 is 1.88 bits per heavy atom. The second-order valence-electron chi connectivity index (χ2n) is 5.08. The van der Waals surface area contributed by atoms with E-state index >= 15 is 0 Å². The Morgan fingerprint density at radius 3 is 2.58 bits per heavy atom. The summed E-state index contributed by atoms with van der Waals surface area (Å²) >= 11 is 0. The molecule has 0 spiro atoms. The Kier molecular flexibility index (Phi) is 6.37. The van der Waals surface area contributed by atoms with Gasteiger partial charge in [0.2, 0.25) is 5.91 Å². The fourth-order valence-electron chi connectivity index (χ4n) is 2.21. The van der Waals surface area contributed by atoms with Gasteiger partial charge < -0.3 is 14.8 Å². The normalized spacial score (nSPS) is 10.6. The van der Waals surface area contributed by atoms with E-state index < -0.39 is 0 Å². The van der Waals surface area contributed by atoms with E-state index in [0.717, 1.165) is 5.56 Å². The third-order valence-corrected chi connectivity index (χ3v) is 3.49. The standard InChI is InChI=1S/C19H20FNO3/c1-23-17-9-7-14(13-18(17)24-2)8-10-19(22)21-12-11-15-5-3-4-6-16(15)20/h3-10,13H,11-12H2,1-2H3,(H,21,22)/b10-8+. The first-order chi connectivity index (χ1) is 11.6. The van der Waals surface area contributed by atoms with E-state index in [2.05, 4.69) is 5.32 Å². The van der Waals surface area contributed by atoms with Gasteiger partial charge in [-0.1, -0.05) is 24.3 Å². The van der Waals surface area contributed by atoms with Crippen molar-refractivity contribution in [3.8, 4) is 11.5 Å². The molecule has 2 rings (SSSR count). The average molecular weight is 329 g/mol. The van der Waals surface area contributed by atoms with Gasteiger partial charge in [-0.05, 0) is 41.8 Å². The largest absolute Gasteiger partial charge is 0.493 e. The molecule has 0 atom stereocenters. The van der Waals surface area contributed by atoms with Gasteiger partial charge in [-0.3, -0.25) is 4.79 Å². The zero-order valence-corrected chi connectivity index (χ0v) is 13.7. The topological polar surface area (TPSA) is 47.6 Å². The lowest BCUT2D eigenvalue weighted by Gasteiger charge is -2.07. The number of carbonyl (C=O) groups is 1. The van der Waals surface area contributed by atoms with Crippen LogP contribution in [0.1, 0.15) is 11.1 Å². The highest BCUT2D eigenvalue weighted by Gasteiger charge is 2.04. The first kappa shape index (κ1) is 17.5. The van der Waals surface area contributed by atoms with E-state index in [1.165, 1.54) is 12.1 Å². The lowest BCUT2D eigenvalue weighted by molar-refractivity contribution is -0.116. The molecule has 0 aliphatic rings. The van der Waals surface area contributed by atoms with Crippen molar-refractivity contribution < 1.29 is 18.7 Å². The van der Waals surface area contributed by atoms with E-state index in [1.54, 1.807) is 50.6 Å². The van der Waals surface area contributed by atoms with Gasteiger partial charge in [-0.25, -0.2) is 4.39 Å². The molecule has 126 valence electrons. The summed E-state index contributed by atoms with van der Waals surface area (Å²) in [6.45, 7) is 0.371. The first-order valence-corrected chi connectivity index (χ1v) is 7.55. The molecule has 4 nitrogen and oxygen atoms in total. The lowest BCUT2D eigenvalue weighted by Crippen LogP contribution is -2.23. The van der Waals surface area contributed by atoms with Crippen molar-refractivity contribution in [3.05, 3.63) is 65.5 Å². The number of benzene rings is 2. The Bertz CT molecular complexity index is 728. The maximum absolute atomic E-state index is 13.5. The van der Waals surface area contributed by atoms with Gasteiger partial charge in [0.05, 0.1) is 14.2 Å². The SMILES string of the molecule is COc1ccc(/C=C/C(=O)NCCc2ccccc2F)cc1OC. The minimum atomic E-state index is -0.257. The predicted molar refractivity (Wildman–Crippen MR) is 91.7 cm³/mol. The molecule has 24 heavy (non-hydrogen) atoms. The van der Waals surface area contributed by atoms with Crippen LogP contribution in [0.5, 0.6) is 11.5 Å². The first-order valence-electron chi connectivity index (χ1n) is 7.55. The van der Waals surface area contributed by atoms with Crippen LogP contribution >= 0.6 is 0 Å². The molecule has 0 aliphatic heterocycles. The quantitative estimate of drug-likeness (QED) is 0.794. The monoisotopic (exact) mass is 329 g/mol. The van der Waals surface area contributed by atoms with Crippen LogP contribution in [0.15, 0.2) is 48.5 Å². The van der Waals surface area contributed by atoms with Gasteiger partial charge in [0.1, 0.15) is 5.82 Å². The molecule has 0 heterocycles. The number of hydrogen-bond acceptors (Lipinski definition) is 3. The van der Waals surface area contributed by atoms with E-state index in [9.17, 15) is 9.18 Å². The second-order valence-corrected chi connectivity index (χ2v) is 5.08. The number of halogens is 1. The molecule has 0 fully saturated rings. The van der Waals surface area contributed by atoms with Crippen molar-refractivity contribution in [2.75, 3.05) is 20.8 Å². The van der Waals surface area contributed by atoms with Crippen molar-refractivity contribution in [2.45, 2.75) is 6.42 Å². The molecule has 0 unspecified atom stereocenters. The number of hydrogen-bond donors (Lipinski definition) is 1. The van der Waals surface area contributed by atoms with Crippen molar-refractivity contribution in [2.24, 2.45) is 0 Å². The second kappa shape index (κ2) is 8.72. The molecular formula is C19H20FNO3. The van der Waals surface area contributed by atoms with E-state index in [0.29, 0.717) is 30.0 Å². The van der Waals surface area contributed by atoms with Crippen LogP contribution in [0.4, 0.5) is 4.39 Å². The van der Waals surface area contributed by atoms with Gasteiger partial charge in [0.25, 0.3) is 0 Å². The Balaban J connectivity index is 1.88. The zero-order valence-electron chi connectivity index (χ0n) is 13.7. The highest BCUT2D eigenvalue weighted by Crippen LogP contribution is 2.27. The fourth-order valence-corrected chi connectivity index (χ4v) is 2.21. The number of methoxy groups -OCH3 is 2. The molecule has 0 bridgehead atoms. The molecule has 1 amide bonds. The van der Waals surface area contributed by atoms with Crippen LogP contribution in [-0.2, 0) is 11.2 Å². The number of carbonyl (C=O) groups excluding carboxylic acids is 1. The number of rotatable bonds is 7. The summed E-state index contributed by atoms with van der Waals surface area (Å²) in [5.74, 6) is 0.734. The van der Waals surface area contributed by atoms with Gasteiger partial charge in [-0.2, -0.15) is 0 Å². The number of nitrogens with one attached hydrogen (secondary N) is 1. The van der Waals surface area contributed by atoms with Crippen molar-refractivity contribution >= 4 is 12.0 Å². The molecule has 2 aromatic carbocycles. The molecule has 0 aliphatic carbocycles. The summed E-state index contributed by atoms with van der Waals surface area (Å²) in [5.41, 5.74) is 1.40. The highest BCUT2D eigenvalue weighted by molar-refractivity contribution is 5.91. The van der Waals surface area contributed by atoms with E-state index in [4.69, 9.17) is 9.47 Å². The minimum Gasteiger partial charge on any atom is -0.493 e. The van der Waals surface area contributed by atoms with Gasteiger partial charge in [0.15, 0.2) is 11.5 Å². The molecule has 1 N–H and O–H groups in total. The Labute approximate surface area is 140 Å². The van der Waals surface area contributed by atoms with Crippen LogP contribution in [-0.4, -0.2) is 26.7 Å². The summed E-state index contributed by atoms with van der Waals surface area (Å²) < 4.78 is 23.8. The van der Waals surface area contributed by atoms with Crippen LogP contribution in [0.25, 0.3) is 6.08 Å². The molecule has 2 aromatic rings. The van der Waals surface area contributed by atoms with Crippen LogP contribution in [0.2, 0.25) is 0 Å². The van der Waals surface area contributed by atoms with Crippen molar-refractivity contribution in [3.63, 3.8) is 0 Å². The van der Waals surface area contributed by atoms with Crippen LogP contribution in [0.3, 0.4) is 0 Å². The zero-order chi connectivity index (χ0) is 17.4. The van der Waals surface area contributed by atoms with E-state index in [1.807, 2.05) is 6.07 Å². The highest BCUT2D eigenvalue weighted by atomic mass is 19.1. The summed E-state index contributed by atoms with van der Waals surface area (Å²) in [7, 11) is 3.12. The summed E-state index contributed by atoms with van der Waals surface area (Å²) in [4.78, 5) is 11.8. The molecular weight excluding hydrogens is 309 g/mol. The molecule has 0 aromatic heterocycles. The fraction of sp³-hybridized carbons (Fsp3) is 0.211. The van der Waals surface area contributed by atoms with Crippen molar-refractivity contribution in [1.82, 2.24) is 5.32 Å². The van der Waals surface area contributed by atoms with Crippen LogP contribution < -0.4 is 14.8 Å². The minimum absolute atomic E-state index is 0.235. The maximum atomic E-state index is 13.5. The summed E-state index contributed by atoms with van der Waals surface area (Å²) in [6, 6.07) is 11.9. The van der Waals surface area contributed by atoms with Crippen LogP contribution in [0, 0.1) is 5.82 Å².